The van der Waals surface area contributed by atoms with Gasteiger partial charge in [-0.2, -0.15) is 0 Å². The first-order valence-electron chi connectivity index (χ1n) is 8.57. The van der Waals surface area contributed by atoms with Gasteiger partial charge >= 0.3 is 0 Å². The lowest BCUT2D eigenvalue weighted by Gasteiger charge is -2.16. The maximum Gasteiger partial charge on any atom is 0.230 e. The van der Waals surface area contributed by atoms with Gasteiger partial charge < -0.3 is 5.32 Å². The molecule has 0 atom stereocenters. The fraction of sp³-hybridized carbons (Fsp3) is 0.190. The van der Waals surface area contributed by atoms with E-state index in [0.29, 0.717) is 6.54 Å². The Balaban J connectivity index is 1.41. The fourth-order valence-corrected chi connectivity index (χ4v) is 3.11. The second-order valence-corrected chi connectivity index (χ2v) is 6.57. The Morgan fingerprint density at radius 2 is 1.88 bits per heavy atom. The Hall–Kier alpha value is -3.08. The molecule has 130 valence electrons. The lowest BCUT2D eigenvalue weighted by Crippen LogP contribution is -2.34. The van der Waals surface area contributed by atoms with Crippen molar-refractivity contribution in [3.63, 3.8) is 0 Å². The summed E-state index contributed by atoms with van der Waals surface area (Å²) in [6.07, 6.45) is 6.84. The molecular weight excluding hydrogens is 329 g/mol. The van der Waals surface area contributed by atoms with Crippen LogP contribution in [0.3, 0.4) is 0 Å². The molecule has 2 heterocycles. The maximum absolute atomic E-state index is 13.1. The van der Waals surface area contributed by atoms with Crippen LogP contribution in [0.5, 0.6) is 0 Å². The Bertz CT molecular complexity index is 904. The number of carbonyl (C=O) groups is 1. The lowest BCUT2D eigenvalue weighted by molar-refractivity contribution is -0.123. The topological polar surface area (TPSA) is 54.9 Å². The minimum atomic E-state index is -0.503. The molecule has 26 heavy (non-hydrogen) atoms. The summed E-state index contributed by atoms with van der Waals surface area (Å²) in [6, 6.07) is 13.9. The molecule has 4 nitrogen and oxygen atoms in total. The summed E-state index contributed by atoms with van der Waals surface area (Å²) in [6.45, 7) is 0.419. The van der Waals surface area contributed by atoms with Gasteiger partial charge in [0.1, 0.15) is 5.82 Å². The highest BCUT2D eigenvalue weighted by atomic mass is 19.1. The zero-order chi connectivity index (χ0) is 18.0. The van der Waals surface area contributed by atoms with E-state index in [-0.39, 0.29) is 11.7 Å². The summed E-state index contributed by atoms with van der Waals surface area (Å²) >= 11 is 0. The Kier molecular flexibility index (Phi) is 4.21. The number of hydrogen-bond acceptors (Lipinski definition) is 3. The molecule has 5 heteroatoms. The first-order valence-corrected chi connectivity index (χ1v) is 8.57. The highest BCUT2D eigenvalue weighted by molar-refractivity contribution is 5.91. The van der Waals surface area contributed by atoms with Crippen molar-refractivity contribution in [1.82, 2.24) is 15.3 Å². The van der Waals surface area contributed by atoms with Crippen LogP contribution in [-0.2, 0) is 16.8 Å². The first kappa shape index (κ1) is 16.4. The number of nitrogens with zero attached hydrogens (tertiary/aromatic N) is 2. The second-order valence-electron chi connectivity index (χ2n) is 6.57. The van der Waals surface area contributed by atoms with E-state index in [1.165, 1.54) is 12.1 Å². The van der Waals surface area contributed by atoms with Crippen LogP contribution in [0.15, 0.2) is 67.1 Å². The molecule has 4 rings (SSSR count). The number of benzene rings is 1. The molecule has 1 amide bonds. The number of pyridine rings is 2. The van der Waals surface area contributed by atoms with Gasteiger partial charge in [-0.15, -0.1) is 0 Å². The van der Waals surface area contributed by atoms with Crippen molar-refractivity contribution in [3.8, 4) is 11.3 Å². The number of aromatic nitrogens is 2. The fourth-order valence-electron chi connectivity index (χ4n) is 3.11. The van der Waals surface area contributed by atoms with Gasteiger partial charge in [0.2, 0.25) is 5.91 Å². The molecule has 1 saturated carbocycles. The number of halogens is 1. The SMILES string of the molecule is O=C(NCc1ccc(-c2cccnc2)nc1)C1(c2ccc(F)cc2)CC1. The van der Waals surface area contributed by atoms with Crippen LogP contribution < -0.4 is 5.32 Å². The highest BCUT2D eigenvalue weighted by Gasteiger charge is 2.51. The maximum atomic E-state index is 13.1. The van der Waals surface area contributed by atoms with Crippen molar-refractivity contribution in [3.05, 3.63) is 84.1 Å². The largest absolute Gasteiger partial charge is 0.351 e. The van der Waals surface area contributed by atoms with E-state index >= 15 is 0 Å². The zero-order valence-corrected chi connectivity index (χ0v) is 14.2. The summed E-state index contributed by atoms with van der Waals surface area (Å²) in [4.78, 5) is 21.2. The predicted octanol–water partition coefficient (Wildman–Crippen LogP) is 3.63. The standard InChI is InChI=1S/C21H18FN3O/c22-18-6-4-17(5-7-18)21(9-10-21)20(26)25-13-15-3-8-19(24-12-15)16-2-1-11-23-14-16/h1-8,11-12,14H,9-10,13H2,(H,25,26). The van der Waals surface area contributed by atoms with E-state index < -0.39 is 5.41 Å². The van der Waals surface area contributed by atoms with E-state index in [2.05, 4.69) is 15.3 Å². The van der Waals surface area contributed by atoms with Crippen molar-refractivity contribution in [2.45, 2.75) is 24.8 Å². The predicted molar refractivity (Wildman–Crippen MR) is 96.6 cm³/mol. The number of nitrogens with one attached hydrogen (secondary N) is 1. The van der Waals surface area contributed by atoms with Gasteiger partial charge in [0.25, 0.3) is 0 Å². The second kappa shape index (κ2) is 6.67. The molecule has 0 aliphatic heterocycles. The number of rotatable bonds is 5. The molecule has 3 aromatic rings. The number of carbonyl (C=O) groups excluding carboxylic acids is 1. The highest BCUT2D eigenvalue weighted by Crippen LogP contribution is 2.48. The minimum absolute atomic E-state index is 0.0135. The van der Waals surface area contributed by atoms with Crippen molar-refractivity contribution < 1.29 is 9.18 Å². The summed E-state index contributed by atoms with van der Waals surface area (Å²) in [5.41, 5.74) is 3.10. The summed E-state index contributed by atoms with van der Waals surface area (Å²) in [5, 5.41) is 2.99. The lowest BCUT2D eigenvalue weighted by atomic mass is 9.95. The van der Waals surface area contributed by atoms with Crippen LogP contribution in [0.2, 0.25) is 0 Å². The van der Waals surface area contributed by atoms with Crippen molar-refractivity contribution in [2.24, 2.45) is 0 Å². The molecule has 0 spiro atoms. The Morgan fingerprint density at radius 1 is 1.08 bits per heavy atom. The van der Waals surface area contributed by atoms with Crippen LogP contribution in [0.4, 0.5) is 4.39 Å². The van der Waals surface area contributed by atoms with E-state index in [1.54, 1.807) is 30.7 Å². The van der Waals surface area contributed by atoms with Crippen molar-refractivity contribution in [2.75, 3.05) is 0 Å². The van der Waals surface area contributed by atoms with Gasteiger partial charge in [0.05, 0.1) is 11.1 Å². The Morgan fingerprint density at radius 3 is 2.50 bits per heavy atom. The third-order valence-corrected chi connectivity index (χ3v) is 4.82. The third-order valence-electron chi connectivity index (χ3n) is 4.82. The van der Waals surface area contributed by atoms with Crippen molar-refractivity contribution >= 4 is 5.91 Å². The minimum Gasteiger partial charge on any atom is -0.351 e. The van der Waals surface area contributed by atoms with Gasteiger partial charge in [-0.25, -0.2) is 4.39 Å². The molecule has 0 unspecified atom stereocenters. The summed E-state index contributed by atoms with van der Waals surface area (Å²) in [7, 11) is 0. The molecule has 0 radical (unpaired) electrons. The van der Waals surface area contributed by atoms with Crippen LogP contribution in [0.25, 0.3) is 11.3 Å². The van der Waals surface area contributed by atoms with Gasteiger partial charge in [-0.05, 0) is 54.3 Å². The molecule has 1 aliphatic carbocycles. The zero-order valence-electron chi connectivity index (χ0n) is 14.2. The molecule has 2 aromatic heterocycles. The molecule has 0 bridgehead atoms. The molecule has 1 aliphatic rings. The Labute approximate surface area is 151 Å². The van der Waals surface area contributed by atoms with E-state index in [4.69, 9.17) is 0 Å². The molecular formula is C21H18FN3O. The van der Waals surface area contributed by atoms with Crippen LogP contribution in [0.1, 0.15) is 24.0 Å². The van der Waals surface area contributed by atoms with E-state index in [1.807, 2.05) is 24.3 Å². The van der Waals surface area contributed by atoms with Crippen LogP contribution in [-0.4, -0.2) is 15.9 Å². The van der Waals surface area contributed by atoms with Crippen LogP contribution in [0, 0.1) is 5.82 Å². The van der Waals surface area contributed by atoms with Gasteiger partial charge in [-0.3, -0.25) is 14.8 Å². The van der Waals surface area contributed by atoms with Gasteiger partial charge in [-0.1, -0.05) is 18.2 Å². The molecule has 0 saturated heterocycles. The monoisotopic (exact) mass is 347 g/mol. The average molecular weight is 347 g/mol. The third kappa shape index (κ3) is 3.20. The van der Waals surface area contributed by atoms with Crippen molar-refractivity contribution in [1.29, 1.82) is 0 Å². The molecule has 1 N–H and O–H groups in total. The molecule has 1 aromatic carbocycles. The summed E-state index contributed by atoms with van der Waals surface area (Å²) in [5.74, 6) is -0.301. The van der Waals surface area contributed by atoms with Gasteiger partial charge in [0, 0.05) is 30.7 Å². The molecule has 1 fully saturated rings. The van der Waals surface area contributed by atoms with Crippen LogP contribution >= 0.6 is 0 Å². The van der Waals surface area contributed by atoms with E-state index in [9.17, 15) is 9.18 Å². The number of amides is 1. The summed E-state index contributed by atoms with van der Waals surface area (Å²) < 4.78 is 13.1. The van der Waals surface area contributed by atoms with E-state index in [0.717, 1.165) is 35.2 Å². The number of hydrogen-bond donors (Lipinski definition) is 1. The van der Waals surface area contributed by atoms with Gasteiger partial charge in [0.15, 0.2) is 0 Å². The average Bonchev–Trinajstić information content (AvgIpc) is 3.50. The smallest absolute Gasteiger partial charge is 0.230 e. The normalized spacial score (nSPS) is 14.7. The first-order chi connectivity index (χ1) is 12.7. The quantitative estimate of drug-likeness (QED) is 0.767.